The van der Waals surface area contributed by atoms with Crippen LogP contribution in [0.2, 0.25) is 0 Å². The van der Waals surface area contributed by atoms with Gasteiger partial charge in [-0.2, -0.15) is 18.2 Å². The minimum atomic E-state index is -4.47. The van der Waals surface area contributed by atoms with Gasteiger partial charge in [0.25, 0.3) is 0 Å². The predicted octanol–water partition coefficient (Wildman–Crippen LogP) is 3.64. The number of ether oxygens (including phenoxy) is 1. The van der Waals surface area contributed by atoms with Gasteiger partial charge in [-0.05, 0) is 24.3 Å². The number of benzene rings is 1. The van der Waals surface area contributed by atoms with Gasteiger partial charge in [0, 0.05) is 30.8 Å². The number of carbonyl (C=O) groups is 1. The number of pyridine rings is 1. The number of nitrogens with one attached hydrogen (secondary N) is 1. The van der Waals surface area contributed by atoms with Crippen molar-refractivity contribution in [3.63, 3.8) is 0 Å². The monoisotopic (exact) mass is 392 g/mol. The molecule has 146 valence electrons. The smallest absolute Gasteiger partial charge is 0.422 e. The molecule has 0 aliphatic rings. The third-order valence-corrected chi connectivity index (χ3v) is 3.53. The van der Waals surface area contributed by atoms with Crippen LogP contribution in [0.3, 0.4) is 0 Å². The SMILES string of the molecule is O=C(CCc1nc(-c2ccncc2)no1)Nc1ccccc1OCC(F)(F)F. The summed E-state index contributed by atoms with van der Waals surface area (Å²) in [5.74, 6) is 0.157. The Kier molecular flexibility index (Phi) is 5.87. The maximum absolute atomic E-state index is 12.3. The van der Waals surface area contributed by atoms with E-state index in [0.717, 1.165) is 5.56 Å². The van der Waals surface area contributed by atoms with Crippen LogP contribution in [0.5, 0.6) is 5.75 Å². The molecule has 7 nitrogen and oxygen atoms in total. The topological polar surface area (TPSA) is 90.1 Å². The highest BCUT2D eigenvalue weighted by Gasteiger charge is 2.28. The van der Waals surface area contributed by atoms with E-state index in [2.05, 4.69) is 20.4 Å². The van der Waals surface area contributed by atoms with Gasteiger partial charge in [0.2, 0.25) is 17.6 Å². The van der Waals surface area contributed by atoms with E-state index < -0.39 is 18.7 Å². The van der Waals surface area contributed by atoms with Crippen LogP contribution < -0.4 is 10.1 Å². The Balaban J connectivity index is 1.56. The van der Waals surface area contributed by atoms with Crippen LogP contribution in [-0.4, -0.2) is 33.8 Å². The highest BCUT2D eigenvalue weighted by Crippen LogP contribution is 2.26. The highest BCUT2D eigenvalue weighted by atomic mass is 19.4. The average molecular weight is 392 g/mol. The van der Waals surface area contributed by atoms with E-state index in [1.54, 1.807) is 30.6 Å². The largest absolute Gasteiger partial charge is 0.482 e. The molecular weight excluding hydrogens is 377 g/mol. The molecule has 0 radical (unpaired) electrons. The molecule has 3 aromatic rings. The summed E-state index contributed by atoms with van der Waals surface area (Å²) in [5, 5.41) is 6.36. The van der Waals surface area contributed by atoms with Gasteiger partial charge in [-0.25, -0.2) is 0 Å². The first kappa shape index (κ1) is 19.3. The normalized spacial score (nSPS) is 11.2. The number of hydrogen-bond donors (Lipinski definition) is 1. The van der Waals surface area contributed by atoms with Gasteiger partial charge in [0.15, 0.2) is 6.61 Å². The Labute approximate surface area is 157 Å². The van der Waals surface area contributed by atoms with Crippen molar-refractivity contribution in [2.75, 3.05) is 11.9 Å². The molecule has 3 rings (SSSR count). The minimum Gasteiger partial charge on any atom is -0.482 e. The lowest BCUT2D eigenvalue weighted by Crippen LogP contribution is -2.20. The predicted molar refractivity (Wildman–Crippen MR) is 92.5 cm³/mol. The molecule has 2 aromatic heterocycles. The lowest BCUT2D eigenvalue weighted by Gasteiger charge is -2.13. The lowest BCUT2D eigenvalue weighted by molar-refractivity contribution is -0.153. The minimum absolute atomic E-state index is 0.00554. The maximum atomic E-state index is 12.3. The maximum Gasteiger partial charge on any atom is 0.422 e. The van der Waals surface area contributed by atoms with Gasteiger partial charge in [-0.3, -0.25) is 9.78 Å². The number of alkyl halides is 3. The van der Waals surface area contributed by atoms with E-state index in [1.807, 2.05) is 0 Å². The fourth-order valence-electron chi connectivity index (χ4n) is 2.26. The second-order valence-electron chi connectivity index (χ2n) is 5.70. The molecule has 1 aromatic carbocycles. The molecule has 1 amide bonds. The quantitative estimate of drug-likeness (QED) is 0.660. The molecule has 0 atom stereocenters. The van der Waals surface area contributed by atoms with E-state index in [1.165, 1.54) is 18.2 Å². The van der Waals surface area contributed by atoms with Crippen molar-refractivity contribution in [3.8, 4) is 17.1 Å². The van der Waals surface area contributed by atoms with Crippen molar-refractivity contribution in [1.29, 1.82) is 0 Å². The molecule has 1 N–H and O–H groups in total. The van der Waals surface area contributed by atoms with Gasteiger partial charge in [0.1, 0.15) is 5.75 Å². The number of aromatic nitrogens is 3. The third kappa shape index (κ3) is 5.53. The Morgan fingerprint density at radius 1 is 1.14 bits per heavy atom. The molecule has 10 heteroatoms. The number of amides is 1. The van der Waals surface area contributed by atoms with Crippen LogP contribution in [0.1, 0.15) is 12.3 Å². The fraction of sp³-hybridized carbons (Fsp3) is 0.222. The molecular formula is C18H15F3N4O3. The molecule has 0 unspecified atom stereocenters. The van der Waals surface area contributed by atoms with Crippen molar-refractivity contribution in [2.24, 2.45) is 0 Å². The van der Waals surface area contributed by atoms with Crippen LogP contribution >= 0.6 is 0 Å². The lowest BCUT2D eigenvalue weighted by atomic mass is 10.2. The number of carbonyl (C=O) groups excluding carboxylic acids is 1. The molecule has 0 saturated heterocycles. The molecule has 0 aliphatic heterocycles. The summed E-state index contributed by atoms with van der Waals surface area (Å²) in [6.45, 7) is -1.44. The fourth-order valence-corrected chi connectivity index (χ4v) is 2.26. The Hall–Kier alpha value is -3.43. The van der Waals surface area contributed by atoms with Gasteiger partial charge < -0.3 is 14.6 Å². The highest BCUT2D eigenvalue weighted by molar-refractivity contribution is 5.92. The zero-order valence-electron chi connectivity index (χ0n) is 14.4. The van der Waals surface area contributed by atoms with Crippen molar-refractivity contribution in [3.05, 3.63) is 54.7 Å². The summed E-state index contributed by atoms with van der Waals surface area (Å²) in [4.78, 5) is 20.2. The molecule has 0 bridgehead atoms. The number of hydrogen-bond acceptors (Lipinski definition) is 6. The summed E-state index contributed by atoms with van der Waals surface area (Å²) in [7, 11) is 0. The van der Waals surface area contributed by atoms with Crippen molar-refractivity contribution in [2.45, 2.75) is 19.0 Å². The summed E-state index contributed by atoms with van der Waals surface area (Å²) in [5.41, 5.74) is 0.880. The summed E-state index contributed by atoms with van der Waals surface area (Å²) in [6, 6.07) is 9.34. The van der Waals surface area contributed by atoms with Crippen LogP contribution in [-0.2, 0) is 11.2 Å². The van der Waals surface area contributed by atoms with E-state index >= 15 is 0 Å². The molecule has 0 spiro atoms. The van der Waals surface area contributed by atoms with Crippen LogP contribution in [0, 0.1) is 0 Å². The van der Waals surface area contributed by atoms with Crippen molar-refractivity contribution in [1.82, 2.24) is 15.1 Å². The first-order valence-electron chi connectivity index (χ1n) is 8.22. The second-order valence-corrected chi connectivity index (χ2v) is 5.70. The van der Waals surface area contributed by atoms with Crippen LogP contribution in [0.15, 0.2) is 53.3 Å². The summed E-state index contributed by atoms with van der Waals surface area (Å²) >= 11 is 0. The van der Waals surface area contributed by atoms with Crippen LogP contribution in [0.4, 0.5) is 18.9 Å². The van der Waals surface area contributed by atoms with E-state index in [9.17, 15) is 18.0 Å². The number of aryl methyl sites for hydroxylation is 1. The first-order valence-corrected chi connectivity index (χ1v) is 8.22. The molecule has 0 saturated carbocycles. The number of halogens is 3. The summed E-state index contributed by atoms with van der Waals surface area (Å²) in [6.07, 6.45) is -1.10. The van der Waals surface area contributed by atoms with Gasteiger partial charge >= 0.3 is 6.18 Å². The Morgan fingerprint density at radius 3 is 2.64 bits per heavy atom. The molecule has 0 fully saturated rings. The average Bonchev–Trinajstić information content (AvgIpc) is 3.15. The molecule has 2 heterocycles. The van der Waals surface area contributed by atoms with Crippen molar-refractivity contribution >= 4 is 11.6 Å². The zero-order valence-corrected chi connectivity index (χ0v) is 14.4. The van der Waals surface area contributed by atoms with Crippen molar-refractivity contribution < 1.29 is 27.2 Å². The van der Waals surface area contributed by atoms with E-state index in [-0.39, 0.29) is 30.2 Å². The Morgan fingerprint density at radius 2 is 1.89 bits per heavy atom. The molecule has 28 heavy (non-hydrogen) atoms. The Bertz CT molecular complexity index is 929. The molecule has 0 aliphatic carbocycles. The van der Waals surface area contributed by atoms with Gasteiger partial charge in [-0.15, -0.1) is 0 Å². The number of rotatable bonds is 7. The number of nitrogens with zero attached hydrogens (tertiary/aromatic N) is 3. The van der Waals surface area contributed by atoms with Crippen LogP contribution in [0.25, 0.3) is 11.4 Å². The first-order chi connectivity index (χ1) is 13.4. The summed E-state index contributed by atoms with van der Waals surface area (Å²) < 4.78 is 46.8. The van der Waals surface area contributed by atoms with Gasteiger partial charge in [-0.1, -0.05) is 17.3 Å². The number of para-hydroxylation sites is 2. The zero-order chi connectivity index (χ0) is 20.0. The van der Waals surface area contributed by atoms with E-state index in [0.29, 0.717) is 5.82 Å². The third-order valence-electron chi connectivity index (χ3n) is 3.53. The number of anilines is 1. The van der Waals surface area contributed by atoms with E-state index in [4.69, 9.17) is 9.26 Å². The second kappa shape index (κ2) is 8.51. The van der Waals surface area contributed by atoms with Gasteiger partial charge in [0.05, 0.1) is 5.69 Å². The standard InChI is InChI=1S/C18H15F3N4O3/c19-18(20,21)11-27-14-4-2-1-3-13(14)23-15(26)5-6-16-24-17(25-28-16)12-7-9-22-10-8-12/h1-4,7-10H,5-6,11H2,(H,23,26).